The van der Waals surface area contributed by atoms with E-state index in [-0.39, 0.29) is 19.4 Å². The smallest absolute Gasteiger partial charge is 0.326 e. The molecule has 1 aliphatic heterocycles. The fourth-order valence-electron chi connectivity index (χ4n) is 2.58. The van der Waals surface area contributed by atoms with Crippen molar-refractivity contribution in [2.75, 3.05) is 6.54 Å². The van der Waals surface area contributed by atoms with Gasteiger partial charge in [-0.05, 0) is 19.3 Å². The molecule has 0 spiro atoms. The maximum atomic E-state index is 12.3. The van der Waals surface area contributed by atoms with Crippen molar-refractivity contribution in [1.29, 1.82) is 0 Å². The molecule has 0 aromatic carbocycles. The normalized spacial score (nSPS) is 19.1. The molecule has 0 aromatic rings. The molecule has 0 unspecified atom stereocenters. The van der Waals surface area contributed by atoms with Crippen molar-refractivity contribution in [2.24, 2.45) is 5.73 Å². The molecule has 0 aliphatic carbocycles. The molecule has 6 N–H and O–H groups in total. The van der Waals surface area contributed by atoms with Crippen molar-refractivity contribution in [3.05, 3.63) is 0 Å². The summed E-state index contributed by atoms with van der Waals surface area (Å²) in [6.45, 7) is 0.205. The molecule has 0 radical (unpaired) electrons. The number of carboxylic acids is 3. The first kappa shape index (κ1) is 20.4. The van der Waals surface area contributed by atoms with Gasteiger partial charge < -0.3 is 31.3 Å². The monoisotopic (exact) mass is 359 g/mol. The molecular weight excluding hydrogens is 338 g/mol. The van der Waals surface area contributed by atoms with Gasteiger partial charge in [0.05, 0.1) is 12.5 Å². The Bertz CT molecular complexity index is 564. The molecular formula is C14H21N3O8. The number of carbonyl (C=O) groups excluding carboxylic acids is 2. The van der Waals surface area contributed by atoms with Crippen LogP contribution in [-0.4, -0.2) is 74.6 Å². The van der Waals surface area contributed by atoms with E-state index in [2.05, 4.69) is 5.32 Å². The van der Waals surface area contributed by atoms with Crippen LogP contribution in [0.2, 0.25) is 0 Å². The number of amides is 2. The van der Waals surface area contributed by atoms with Crippen LogP contribution in [0.3, 0.4) is 0 Å². The Labute approximate surface area is 142 Å². The highest BCUT2D eigenvalue weighted by Crippen LogP contribution is 2.19. The Hall–Kier alpha value is -2.69. The van der Waals surface area contributed by atoms with E-state index in [1.165, 1.54) is 0 Å². The number of carboxylic acid groups (broad SMARTS) is 3. The first-order valence-electron chi connectivity index (χ1n) is 7.66. The Balaban J connectivity index is 2.74. The molecule has 25 heavy (non-hydrogen) atoms. The van der Waals surface area contributed by atoms with Gasteiger partial charge in [-0.2, -0.15) is 0 Å². The zero-order valence-corrected chi connectivity index (χ0v) is 13.4. The lowest BCUT2D eigenvalue weighted by Gasteiger charge is -2.27. The second kappa shape index (κ2) is 8.97. The molecule has 0 aromatic heterocycles. The first-order valence-corrected chi connectivity index (χ1v) is 7.66. The molecule has 3 atom stereocenters. The lowest BCUT2D eigenvalue weighted by Crippen LogP contribution is -2.54. The van der Waals surface area contributed by atoms with E-state index in [1.54, 1.807) is 0 Å². The molecule has 1 rings (SSSR count). The number of nitrogens with zero attached hydrogens (tertiary/aromatic N) is 1. The van der Waals surface area contributed by atoms with Crippen LogP contribution in [-0.2, 0) is 24.0 Å². The Kier molecular flexibility index (Phi) is 7.30. The third-order valence-corrected chi connectivity index (χ3v) is 3.81. The summed E-state index contributed by atoms with van der Waals surface area (Å²) in [4.78, 5) is 58.0. The summed E-state index contributed by atoms with van der Waals surface area (Å²) in [6.07, 6.45) is -0.553. The van der Waals surface area contributed by atoms with E-state index in [0.717, 1.165) is 4.90 Å². The van der Waals surface area contributed by atoms with Crippen LogP contribution in [0.15, 0.2) is 0 Å². The van der Waals surface area contributed by atoms with Gasteiger partial charge in [0.15, 0.2) is 0 Å². The van der Waals surface area contributed by atoms with Gasteiger partial charge in [-0.3, -0.25) is 19.2 Å². The largest absolute Gasteiger partial charge is 0.481 e. The van der Waals surface area contributed by atoms with Crippen molar-refractivity contribution >= 4 is 29.7 Å². The lowest BCUT2D eigenvalue weighted by atomic mass is 10.1. The number of aliphatic carboxylic acids is 3. The molecule has 1 heterocycles. The molecule has 2 amide bonds. The maximum absolute atomic E-state index is 12.3. The maximum Gasteiger partial charge on any atom is 0.326 e. The van der Waals surface area contributed by atoms with E-state index < -0.39 is 60.7 Å². The van der Waals surface area contributed by atoms with E-state index >= 15 is 0 Å². The van der Waals surface area contributed by atoms with Crippen LogP contribution in [0.5, 0.6) is 0 Å². The predicted molar refractivity (Wildman–Crippen MR) is 81.4 cm³/mol. The van der Waals surface area contributed by atoms with Gasteiger partial charge in [0.25, 0.3) is 0 Å². The summed E-state index contributed by atoms with van der Waals surface area (Å²) in [5, 5.41) is 28.6. The van der Waals surface area contributed by atoms with Crippen LogP contribution >= 0.6 is 0 Å². The number of hydrogen-bond acceptors (Lipinski definition) is 6. The van der Waals surface area contributed by atoms with Crippen LogP contribution in [0, 0.1) is 0 Å². The van der Waals surface area contributed by atoms with Gasteiger partial charge in [0.2, 0.25) is 11.8 Å². The van der Waals surface area contributed by atoms with Crippen molar-refractivity contribution in [3.8, 4) is 0 Å². The highest BCUT2D eigenvalue weighted by atomic mass is 16.4. The summed E-state index contributed by atoms with van der Waals surface area (Å²) in [6, 6.07) is -3.65. The number of hydrogen-bond donors (Lipinski definition) is 5. The summed E-state index contributed by atoms with van der Waals surface area (Å²) < 4.78 is 0. The minimum Gasteiger partial charge on any atom is -0.481 e. The fourth-order valence-corrected chi connectivity index (χ4v) is 2.58. The third kappa shape index (κ3) is 6.03. The summed E-state index contributed by atoms with van der Waals surface area (Å²) in [7, 11) is 0. The van der Waals surface area contributed by atoms with Crippen LogP contribution in [0.25, 0.3) is 0 Å². The van der Waals surface area contributed by atoms with Crippen LogP contribution < -0.4 is 11.1 Å². The van der Waals surface area contributed by atoms with E-state index in [9.17, 15) is 24.0 Å². The van der Waals surface area contributed by atoms with E-state index in [1.807, 2.05) is 0 Å². The highest BCUT2D eigenvalue weighted by molar-refractivity contribution is 5.93. The van der Waals surface area contributed by atoms with Gasteiger partial charge in [0.1, 0.15) is 12.1 Å². The number of carbonyl (C=O) groups is 5. The van der Waals surface area contributed by atoms with E-state index in [0.29, 0.717) is 6.42 Å². The highest BCUT2D eigenvalue weighted by Gasteiger charge is 2.37. The third-order valence-electron chi connectivity index (χ3n) is 3.81. The average Bonchev–Trinajstić information content (AvgIpc) is 2.98. The van der Waals surface area contributed by atoms with Gasteiger partial charge in [-0.15, -0.1) is 0 Å². The lowest BCUT2D eigenvalue weighted by molar-refractivity contribution is -0.146. The fraction of sp³-hybridized carbons (Fsp3) is 0.643. The van der Waals surface area contributed by atoms with Crippen LogP contribution in [0.1, 0.15) is 32.1 Å². The van der Waals surface area contributed by atoms with Gasteiger partial charge in [0, 0.05) is 13.0 Å². The first-order chi connectivity index (χ1) is 11.6. The Morgan fingerprint density at radius 2 is 1.76 bits per heavy atom. The zero-order valence-electron chi connectivity index (χ0n) is 13.4. The molecule has 1 saturated heterocycles. The standard InChI is InChI=1S/C14H21N3O8/c15-7(6-11(20)21)13(23)17-5-1-2-9(17)12(22)16-8(14(24)25)3-4-10(18)19/h7-9H,1-6,15H2,(H,16,22)(H,18,19)(H,20,21)(H,24,25)/t7-,8-,9-/m0/s1. The topological polar surface area (TPSA) is 187 Å². The van der Waals surface area contributed by atoms with Crippen molar-refractivity contribution in [1.82, 2.24) is 10.2 Å². The van der Waals surface area contributed by atoms with Gasteiger partial charge in [-0.25, -0.2) is 4.79 Å². The molecule has 1 fully saturated rings. The van der Waals surface area contributed by atoms with Crippen LogP contribution in [0.4, 0.5) is 0 Å². The molecule has 140 valence electrons. The molecule has 11 nitrogen and oxygen atoms in total. The SMILES string of the molecule is N[C@@H](CC(=O)O)C(=O)N1CCC[C@H]1C(=O)N[C@@H](CCC(=O)O)C(=O)O. The van der Waals surface area contributed by atoms with Gasteiger partial charge >= 0.3 is 17.9 Å². The zero-order chi connectivity index (χ0) is 19.1. The van der Waals surface area contributed by atoms with Crippen molar-refractivity contribution < 1.29 is 39.3 Å². The number of nitrogens with two attached hydrogens (primary N) is 1. The molecule has 0 saturated carbocycles. The second-order valence-corrected chi connectivity index (χ2v) is 5.73. The van der Waals surface area contributed by atoms with Crippen molar-refractivity contribution in [3.63, 3.8) is 0 Å². The number of rotatable bonds is 9. The second-order valence-electron chi connectivity index (χ2n) is 5.73. The summed E-state index contributed by atoms with van der Waals surface area (Å²) in [5.74, 6) is -5.25. The van der Waals surface area contributed by atoms with Gasteiger partial charge in [-0.1, -0.05) is 0 Å². The summed E-state index contributed by atoms with van der Waals surface area (Å²) in [5.41, 5.74) is 5.53. The number of nitrogens with one attached hydrogen (secondary N) is 1. The molecule has 0 bridgehead atoms. The van der Waals surface area contributed by atoms with E-state index in [4.69, 9.17) is 21.1 Å². The molecule has 11 heteroatoms. The Morgan fingerprint density at radius 3 is 2.28 bits per heavy atom. The predicted octanol–water partition coefficient (Wildman–Crippen LogP) is -1.79. The van der Waals surface area contributed by atoms with Crippen molar-refractivity contribution in [2.45, 2.75) is 50.2 Å². The minimum absolute atomic E-state index is 0.205. The summed E-state index contributed by atoms with van der Waals surface area (Å²) >= 11 is 0. The molecule has 1 aliphatic rings. The number of likely N-dealkylation sites (tertiary alicyclic amines) is 1. The average molecular weight is 359 g/mol. The quantitative estimate of drug-likeness (QED) is 0.317. The minimum atomic E-state index is -1.39. The Morgan fingerprint density at radius 1 is 1.12 bits per heavy atom.